The van der Waals surface area contributed by atoms with Crippen molar-refractivity contribution in [3.8, 4) is 0 Å². The summed E-state index contributed by atoms with van der Waals surface area (Å²) < 4.78 is 0. The molecule has 2 N–H and O–H groups in total. The molecule has 0 spiro atoms. The third kappa shape index (κ3) is 2.60. The molecule has 1 heterocycles. The topological polar surface area (TPSA) is 66.6 Å². The van der Waals surface area contributed by atoms with Gasteiger partial charge in [0.2, 0.25) is 11.8 Å². The van der Waals surface area contributed by atoms with E-state index in [1.165, 1.54) is 0 Å². The highest BCUT2D eigenvalue weighted by atomic mass is 16.2. The predicted molar refractivity (Wildman–Crippen MR) is 64.2 cm³/mol. The summed E-state index contributed by atoms with van der Waals surface area (Å²) in [4.78, 5) is 27.0. The number of nitrogens with zero attached hydrogens (tertiary/aromatic N) is 2. The average Bonchev–Trinajstić information content (AvgIpc) is 3.03. The van der Waals surface area contributed by atoms with Gasteiger partial charge in [0.1, 0.15) is 0 Å². The fourth-order valence-electron chi connectivity index (χ4n) is 2.51. The van der Waals surface area contributed by atoms with Crippen molar-refractivity contribution < 1.29 is 9.59 Å². The zero-order valence-electron chi connectivity index (χ0n) is 10.4. The van der Waals surface area contributed by atoms with Gasteiger partial charge in [-0.3, -0.25) is 9.59 Å². The summed E-state index contributed by atoms with van der Waals surface area (Å²) >= 11 is 0. The Kier molecular flexibility index (Phi) is 3.38. The van der Waals surface area contributed by atoms with Crippen molar-refractivity contribution in [3.05, 3.63) is 0 Å². The monoisotopic (exact) mass is 239 g/mol. The molecule has 0 atom stereocenters. The Balaban J connectivity index is 1.94. The lowest BCUT2D eigenvalue weighted by Gasteiger charge is -2.35. The van der Waals surface area contributed by atoms with Crippen molar-refractivity contribution >= 4 is 11.8 Å². The van der Waals surface area contributed by atoms with Crippen molar-refractivity contribution in [1.29, 1.82) is 0 Å². The molecule has 17 heavy (non-hydrogen) atoms. The van der Waals surface area contributed by atoms with E-state index in [0.717, 1.165) is 19.3 Å². The molecule has 0 aromatic heterocycles. The van der Waals surface area contributed by atoms with Crippen molar-refractivity contribution in [1.82, 2.24) is 9.80 Å². The SMILES string of the molecule is CCN1CC(=O)N(CC2(CCN)CC2)CC1=O. The molecule has 96 valence electrons. The Morgan fingerprint density at radius 3 is 2.29 bits per heavy atom. The minimum absolute atomic E-state index is 0.0654. The van der Waals surface area contributed by atoms with Crippen molar-refractivity contribution in [2.45, 2.75) is 26.2 Å². The van der Waals surface area contributed by atoms with Crippen molar-refractivity contribution in [2.75, 3.05) is 32.7 Å². The zero-order valence-corrected chi connectivity index (χ0v) is 10.4. The van der Waals surface area contributed by atoms with E-state index in [9.17, 15) is 9.59 Å². The summed E-state index contributed by atoms with van der Waals surface area (Å²) in [5.41, 5.74) is 5.81. The molecule has 1 saturated heterocycles. The minimum atomic E-state index is 0.0654. The Bertz CT molecular complexity index is 326. The lowest BCUT2D eigenvalue weighted by atomic mass is 10.0. The molecular weight excluding hydrogens is 218 g/mol. The van der Waals surface area contributed by atoms with E-state index < -0.39 is 0 Å². The summed E-state index contributed by atoms with van der Waals surface area (Å²) in [6.45, 7) is 4.39. The van der Waals surface area contributed by atoms with Gasteiger partial charge in [-0.1, -0.05) is 0 Å². The molecule has 2 amide bonds. The minimum Gasteiger partial charge on any atom is -0.332 e. The molecule has 1 aliphatic carbocycles. The van der Waals surface area contributed by atoms with Crippen LogP contribution in [0.1, 0.15) is 26.2 Å². The second-order valence-corrected chi connectivity index (χ2v) is 5.20. The van der Waals surface area contributed by atoms with E-state index in [0.29, 0.717) is 19.6 Å². The van der Waals surface area contributed by atoms with Crippen LogP contribution in [-0.4, -0.2) is 54.3 Å². The maximum atomic E-state index is 11.9. The molecule has 1 saturated carbocycles. The molecule has 5 heteroatoms. The second-order valence-electron chi connectivity index (χ2n) is 5.20. The van der Waals surface area contributed by atoms with Gasteiger partial charge in [-0.15, -0.1) is 0 Å². The molecule has 1 aliphatic heterocycles. The molecule has 2 rings (SSSR count). The van der Waals surface area contributed by atoms with Crippen molar-refractivity contribution in [2.24, 2.45) is 11.1 Å². The summed E-state index contributed by atoms with van der Waals surface area (Å²) in [5.74, 6) is 0.144. The molecular formula is C12H21N3O2. The summed E-state index contributed by atoms with van der Waals surface area (Å²) in [6, 6.07) is 0. The van der Waals surface area contributed by atoms with Crippen LogP contribution in [0, 0.1) is 5.41 Å². The number of likely N-dealkylation sites (N-methyl/N-ethyl adjacent to an activating group) is 1. The van der Waals surface area contributed by atoms with E-state index in [-0.39, 0.29) is 30.3 Å². The van der Waals surface area contributed by atoms with Crippen LogP contribution in [-0.2, 0) is 9.59 Å². The highest BCUT2D eigenvalue weighted by molar-refractivity contribution is 5.92. The number of carbonyl (C=O) groups is 2. The zero-order chi connectivity index (χ0) is 12.5. The van der Waals surface area contributed by atoms with Gasteiger partial charge in [-0.05, 0) is 38.1 Å². The fraction of sp³-hybridized carbons (Fsp3) is 0.833. The number of nitrogens with two attached hydrogens (primary N) is 1. The van der Waals surface area contributed by atoms with Crippen molar-refractivity contribution in [3.63, 3.8) is 0 Å². The van der Waals surface area contributed by atoms with Gasteiger partial charge in [0.05, 0.1) is 13.1 Å². The first-order chi connectivity index (χ1) is 8.10. The third-order valence-corrected chi connectivity index (χ3v) is 3.90. The largest absolute Gasteiger partial charge is 0.332 e. The molecule has 5 nitrogen and oxygen atoms in total. The quantitative estimate of drug-likeness (QED) is 0.723. The number of amides is 2. The van der Waals surface area contributed by atoms with Gasteiger partial charge in [-0.2, -0.15) is 0 Å². The number of carbonyl (C=O) groups excluding carboxylic acids is 2. The Morgan fingerprint density at radius 2 is 1.76 bits per heavy atom. The van der Waals surface area contributed by atoms with Gasteiger partial charge in [0.15, 0.2) is 0 Å². The second kappa shape index (κ2) is 4.64. The van der Waals surface area contributed by atoms with Crippen LogP contribution in [0.2, 0.25) is 0 Å². The molecule has 0 aromatic carbocycles. The standard InChI is InChI=1S/C12H21N3O2/c1-2-14-7-11(17)15(8-10(14)16)9-12(3-4-12)5-6-13/h2-9,13H2,1H3. The fourth-order valence-corrected chi connectivity index (χ4v) is 2.51. The maximum Gasteiger partial charge on any atom is 0.242 e. The normalized spacial score (nSPS) is 23.2. The molecule has 2 fully saturated rings. The molecule has 0 aromatic rings. The van der Waals surface area contributed by atoms with Gasteiger partial charge in [0, 0.05) is 13.1 Å². The van der Waals surface area contributed by atoms with Crippen LogP contribution in [0.5, 0.6) is 0 Å². The molecule has 0 radical (unpaired) electrons. The molecule has 0 bridgehead atoms. The van der Waals surface area contributed by atoms with E-state index in [2.05, 4.69) is 0 Å². The molecule has 0 unspecified atom stereocenters. The van der Waals surface area contributed by atoms with Crippen LogP contribution in [0.15, 0.2) is 0 Å². The average molecular weight is 239 g/mol. The lowest BCUT2D eigenvalue weighted by Crippen LogP contribution is -2.54. The number of hydrogen-bond acceptors (Lipinski definition) is 3. The first kappa shape index (κ1) is 12.4. The van der Waals surface area contributed by atoms with Crippen LogP contribution in [0.3, 0.4) is 0 Å². The number of piperazine rings is 1. The van der Waals surface area contributed by atoms with E-state index in [1.54, 1.807) is 9.80 Å². The lowest BCUT2D eigenvalue weighted by molar-refractivity contribution is -0.150. The van der Waals surface area contributed by atoms with Gasteiger partial charge < -0.3 is 15.5 Å². The van der Waals surface area contributed by atoms with E-state index in [1.807, 2.05) is 6.92 Å². The summed E-state index contributed by atoms with van der Waals surface area (Å²) in [6.07, 6.45) is 3.24. The number of rotatable bonds is 5. The van der Waals surface area contributed by atoms with Gasteiger partial charge >= 0.3 is 0 Å². The Labute approximate surface area is 102 Å². The predicted octanol–water partition coefficient (Wildman–Crippen LogP) is -0.194. The highest BCUT2D eigenvalue weighted by Crippen LogP contribution is 2.49. The Hall–Kier alpha value is -1.10. The first-order valence-corrected chi connectivity index (χ1v) is 6.36. The van der Waals surface area contributed by atoms with Gasteiger partial charge in [0.25, 0.3) is 0 Å². The first-order valence-electron chi connectivity index (χ1n) is 6.36. The van der Waals surface area contributed by atoms with Crippen LogP contribution in [0.4, 0.5) is 0 Å². The highest BCUT2D eigenvalue weighted by Gasteiger charge is 2.45. The number of hydrogen-bond donors (Lipinski definition) is 1. The Morgan fingerprint density at radius 1 is 1.18 bits per heavy atom. The van der Waals surface area contributed by atoms with Gasteiger partial charge in [-0.25, -0.2) is 0 Å². The van der Waals surface area contributed by atoms with Crippen LogP contribution < -0.4 is 5.73 Å². The van der Waals surface area contributed by atoms with Crippen LogP contribution >= 0.6 is 0 Å². The smallest absolute Gasteiger partial charge is 0.242 e. The summed E-state index contributed by atoms with van der Waals surface area (Å²) in [5, 5.41) is 0. The summed E-state index contributed by atoms with van der Waals surface area (Å²) in [7, 11) is 0. The maximum absolute atomic E-state index is 11.9. The van der Waals surface area contributed by atoms with Crippen LogP contribution in [0.25, 0.3) is 0 Å². The van der Waals surface area contributed by atoms with E-state index in [4.69, 9.17) is 5.73 Å². The third-order valence-electron chi connectivity index (χ3n) is 3.90. The van der Waals surface area contributed by atoms with E-state index >= 15 is 0 Å². The molecule has 2 aliphatic rings.